The van der Waals surface area contributed by atoms with Crippen molar-refractivity contribution in [3.63, 3.8) is 0 Å². The molecule has 1 fully saturated rings. The van der Waals surface area contributed by atoms with Crippen molar-refractivity contribution in [1.29, 1.82) is 0 Å². The molecule has 1 N–H and O–H groups in total. The number of nitrogens with zero attached hydrogens (tertiary/aromatic N) is 3. The van der Waals surface area contributed by atoms with Gasteiger partial charge < -0.3 is 19.5 Å². The summed E-state index contributed by atoms with van der Waals surface area (Å²) < 4.78 is 10.7. The summed E-state index contributed by atoms with van der Waals surface area (Å²) in [6, 6.07) is 7.72. The number of benzene rings is 1. The highest BCUT2D eigenvalue weighted by Gasteiger charge is 2.35. The Morgan fingerprint density at radius 3 is 2.96 bits per heavy atom. The third-order valence-corrected chi connectivity index (χ3v) is 3.87. The smallest absolute Gasteiger partial charge is 0.317 e. The first-order valence-corrected chi connectivity index (χ1v) is 7.68. The Kier molecular flexibility index (Phi) is 4.45. The van der Waals surface area contributed by atoms with Crippen molar-refractivity contribution >= 4 is 6.03 Å². The minimum absolute atomic E-state index is 0.0440. The average Bonchev–Trinajstić information content (AvgIpc) is 2.95. The van der Waals surface area contributed by atoms with Crippen molar-refractivity contribution in [2.24, 2.45) is 0 Å². The second-order valence-electron chi connectivity index (χ2n) is 5.47. The molecule has 0 bridgehead atoms. The van der Waals surface area contributed by atoms with Gasteiger partial charge >= 0.3 is 6.03 Å². The molecule has 0 atom stereocenters. The van der Waals surface area contributed by atoms with Crippen LogP contribution in [-0.2, 0) is 6.42 Å². The van der Waals surface area contributed by atoms with Crippen LogP contribution in [0.15, 0.2) is 28.8 Å². The summed E-state index contributed by atoms with van der Waals surface area (Å²) in [7, 11) is 1.64. The predicted octanol–water partition coefficient (Wildman–Crippen LogP) is 1.80. The van der Waals surface area contributed by atoms with Gasteiger partial charge in [0.15, 0.2) is 5.82 Å². The number of nitrogens with one attached hydrogen (secondary N) is 1. The summed E-state index contributed by atoms with van der Waals surface area (Å²) >= 11 is 0. The SMILES string of the molecule is CCNC(=O)N1CC(c2nc(Cc3ccccc3OC)no2)C1. The lowest BCUT2D eigenvalue weighted by atomic mass is 10.0. The van der Waals surface area contributed by atoms with Crippen LogP contribution >= 0.6 is 0 Å². The van der Waals surface area contributed by atoms with E-state index in [0.29, 0.717) is 37.8 Å². The number of hydrogen-bond donors (Lipinski definition) is 1. The van der Waals surface area contributed by atoms with Gasteiger partial charge in [0.25, 0.3) is 0 Å². The summed E-state index contributed by atoms with van der Waals surface area (Å²) in [6.07, 6.45) is 0.556. The summed E-state index contributed by atoms with van der Waals surface area (Å²) in [5.41, 5.74) is 1.01. The van der Waals surface area contributed by atoms with Gasteiger partial charge in [0.2, 0.25) is 5.89 Å². The fourth-order valence-corrected chi connectivity index (χ4v) is 2.59. The number of hydrogen-bond acceptors (Lipinski definition) is 5. The van der Waals surface area contributed by atoms with E-state index in [4.69, 9.17) is 9.26 Å². The summed E-state index contributed by atoms with van der Waals surface area (Å²) in [6.45, 7) is 3.76. The molecule has 1 aromatic carbocycles. The average molecular weight is 316 g/mol. The van der Waals surface area contributed by atoms with Gasteiger partial charge in [0.05, 0.1) is 13.0 Å². The first kappa shape index (κ1) is 15.3. The molecular formula is C16H20N4O3. The molecule has 0 unspecified atom stereocenters. The minimum Gasteiger partial charge on any atom is -0.496 e. The van der Waals surface area contributed by atoms with E-state index in [1.54, 1.807) is 12.0 Å². The molecule has 2 heterocycles. The molecule has 7 heteroatoms. The number of ether oxygens (including phenoxy) is 1. The second-order valence-corrected chi connectivity index (χ2v) is 5.47. The van der Waals surface area contributed by atoms with E-state index in [1.807, 2.05) is 31.2 Å². The number of amides is 2. The van der Waals surface area contributed by atoms with E-state index in [9.17, 15) is 4.79 Å². The molecule has 3 rings (SSSR count). The Labute approximate surface area is 134 Å². The summed E-state index contributed by atoms with van der Waals surface area (Å²) in [5.74, 6) is 2.15. The topological polar surface area (TPSA) is 80.5 Å². The highest BCUT2D eigenvalue weighted by atomic mass is 16.5. The summed E-state index contributed by atoms with van der Waals surface area (Å²) in [4.78, 5) is 17.8. The van der Waals surface area contributed by atoms with Gasteiger partial charge in [-0.25, -0.2) is 4.79 Å². The van der Waals surface area contributed by atoms with E-state index in [1.165, 1.54) is 0 Å². The Morgan fingerprint density at radius 1 is 1.43 bits per heavy atom. The quantitative estimate of drug-likeness (QED) is 0.909. The molecule has 1 aliphatic heterocycles. The number of methoxy groups -OCH3 is 1. The van der Waals surface area contributed by atoms with Gasteiger partial charge in [-0.1, -0.05) is 23.4 Å². The van der Waals surface area contributed by atoms with Crippen LogP contribution in [0.1, 0.15) is 30.1 Å². The number of urea groups is 1. The molecule has 2 amide bonds. The van der Waals surface area contributed by atoms with Crippen molar-refractivity contribution in [2.45, 2.75) is 19.3 Å². The van der Waals surface area contributed by atoms with Crippen molar-refractivity contribution < 1.29 is 14.1 Å². The second kappa shape index (κ2) is 6.68. The van der Waals surface area contributed by atoms with Crippen molar-refractivity contribution in [1.82, 2.24) is 20.4 Å². The number of carbonyl (C=O) groups excluding carboxylic acids is 1. The molecule has 7 nitrogen and oxygen atoms in total. The fourth-order valence-electron chi connectivity index (χ4n) is 2.59. The largest absolute Gasteiger partial charge is 0.496 e. The van der Waals surface area contributed by atoms with Gasteiger partial charge in [-0.2, -0.15) is 4.98 Å². The maximum atomic E-state index is 11.7. The molecule has 122 valence electrons. The van der Waals surface area contributed by atoms with Crippen molar-refractivity contribution in [3.8, 4) is 5.75 Å². The molecule has 0 aliphatic carbocycles. The zero-order valence-corrected chi connectivity index (χ0v) is 13.3. The highest BCUT2D eigenvalue weighted by molar-refractivity contribution is 5.75. The van der Waals surface area contributed by atoms with Crippen molar-refractivity contribution in [3.05, 3.63) is 41.5 Å². The molecule has 1 aliphatic rings. The van der Waals surface area contributed by atoms with Crippen LogP contribution in [0, 0.1) is 0 Å². The van der Waals surface area contributed by atoms with Gasteiger partial charge in [-0.15, -0.1) is 0 Å². The van der Waals surface area contributed by atoms with Gasteiger partial charge in [0.1, 0.15) is 5.75 Å². The third-order valence-electron chi connectivity index (χ3n) is 3.87. The van der Waals surface area contributed by atoms with Gasteiger partial charge in [0, 0.05) is 31.6 Å². The maximum absolute atomic E-state index is 11.7. The van der Waals surface area contributed by atoms with Crippen LogP contribution in [0.5, 0.6) is 5.75 Å². The normalized spacial score (nSPS) is 14.4. The number of carbonyl (C=O) groups is 1. The molecule has 23 heavy (non-hydrogen) atoms. The lowest BCUT2D eigenvalue weighted by Crippen LogP contribution is -2.52. The van der Waals surface area contributed by atoms with Crippen molar-refractivity contribution in [2.75, 3.05) is 26.7 Å². The monoisotopic (exact) mass is 316 g/mol. The van der Waals surface area contributed by atoms with Crippen LogP contribution in [0.3, 0.4) is 0 Å². The zero-order chi connectivity index (χ0) is 16.2. The maximum Gasteiger partial charge on any atom is 0.317 e. The van der Waals surface area contributed by atoms with E-state index in [0.717, 1.165) is 11.3 Å². The lowest BCUT2D eigenvalue weighted by molar-refractivity contribution is 0.137. The van der Waals surface area contributed by atoms with Crippen LogP contribution in [-0.4, -0.2) is 47.8 Å². The lowest BCUT2D eigenvalue weighted by Gasteiger charge is -2.36. The molecular weight excluding hydrogens is 296 g/mol. The van der Waals surface area contributed by atoms with E-state index >= 15 is 0 Å². The van der Waals surface area contributed by atoms with Crippen LogP contribution in [0.2, 0.25) is 0 Å². The van der Waals surface area contributed by atoms with Crippen LogP contribution < -0.4 is 10.1 Å². The molecule has 0 radical (unpaired) electrons. The standard InChI is InChI=1S/C16H20N4O3/c1-3-17-16(21)20-9-12(10-20)15-18-14(19-23-15)8-11-6-4-5-7-13(11)22-2/h4-7,12H,3,8-10H2,1-2H3,(H,17,21). The molecule has 1 aromatic heterocycles. The van der Waals surface area contributed by atoms with E-state index in [-0.39, 0.29) is 11.9 Å². The Hall–Kier alpha value is -2.57. The highest BCUT2D eigenvalue weighted by Crippen LogP contribution is 2.26. The van der Waals surface area contributed by atoms with Gasteiger partial charge in [-0.05, 0) is 13.0 Å². The summed E-state index contributed by atoms with van der Waals surface area (Å²) in [5, 5.41) is 6.81. The predicted molar refractivity (Wildman–Crippen MR) is 83.5 cm³/mol. The molecule has 1 saturated heterocycles. The van der Waals surface area contributed by atoms with Crippen LogP contribution in [0.4, 0.5) is 4.79 Å². The molecule has 0 spiro atoms. The van der Waals surface area contributed by atoms with E-state index < -0.39 is 0 Å². The Morgan fingerprint density at radius 2 is 2.22 bits per heavy atom. The van der Waals surface area contributed by atoms with Gasteiger partial charge in [-0.3, -0.25) is 0 Å². The minimum atomic E-state index is -0.0440. The molecule has 2 aromatic rings. The number of likely N-dealkylation sites (tertiary alicyclic amines) is 1. The number of aromatic nitrogens is 2. The third kappa shape index (κ3) is 3.28. The fraction of sp³-hybridized carbons (Fsp3) is 0.438. The zero-order valence-electron chi connectivity index (χ0n) is 13.3. The number of rotatable bonds is 5. The Bertz CT molecular complexity index is 679. The first-order valence-electron chi connectivity index (χ1n) is 7.68. The van der Waals surface area contributed by atoms with Crippen LogP contribution in [0.25, 0.3) is 0 Å². The first-order chi connectivity index (χ1) is 11.2. The number of para-hydroxylation sites is 1. The van der Waals surface area contributed by atoms with E-state index in [2.05, 4.69) is 15.5 Å². The molecule has 0 saturated carbocycles. The Balaban J connectivity index is 1.60.